The highest BCUT2D eigenvalue weighted by Gasteiger charge is 2.19. The van der Waals surface area contributed by atoms with E-state index < -0.39 is 0 Å². The van der Waals surface area contributed by atoms with Crippen molar-refractivity contribution in [2.75, 3.05) is 6.54 Å². The summed E-state index contributed by atoms with van der Waals surface area (Å²) in [7, 11) is 0. The molecule has 0 bridgehead atoms. The van der Waals surface area contributed by atoms with Crippen molar-refractivity contribution in [3.05, 3.63) is 32.3 Å². The molecule has 0 spiro atoms. The Morgan fingerprint density at radius 3 is 3.00 bits per heavy atom. The molecule has 106 valence electrons. The van der Waals surface area contributed by atoms with Crippen molar-refractivity contribution >= 4 is 33.9 Å². The van der Waals surface area contributed by atoms with Gasteiger partial charge in [-0.25, -0.2) is 0 Å². The van der Waals surface area contributed by atoms with Crippen molar-refractivity contribution in [1.29, 1.82) is 0 Å². The Hall–Kier alpha value is -0.530. The number of nitrogens with zero attached hydrogens (tertiary/aromatic N) is 2. The third kappa shape index (κ3) is 3.56. The normalized spacial score (nSPS) is 14.7. The topological polar surface area (TPSA) is 37.8 Å². The van der Waals surface area contributed by atoms with Gasteiger partial charge in [0.2, 0.25) is 0 Å². The molecule has 0 amide bonds. The molecule has 0 saturated heterocycles. The smallest absolute Gasteiger partial charge is 0.148 e. The minimum absolute atomic E-state index is 0.800. The quantitative estimate of drug-likeness (QED) is 0.593. The summed E-state index contributed by atoms with van der Waals surface area (Å²) < 4.78 is 1.28. The lowest BCUT2D eigenvalue weighted by atomic mass is 10.1. The van der Waals surface area contributed by atoms with E-state index in [-0.39, 0.29) is 0 Å². The third-order valence-electron chi connectivity index (χ3n) is 3.47. The van der Waals surface area contributed by atoms with E-state index in [1.54, 1.807) is 11.3 Å². The van der Waals surface area contributed by atoms with Crippen molar-refractivity contribution in [3.63, 3.8) is 0 Å². The van der Waals surface area contributed by atoms with E-state index >= 15 is 0 Å². The number of hydrogen-bond donors (Lipinski definition) is 1. The molecular weight excluding hydrogens is 381 g/mol. The average molecular weight is 399 g/mol. The van der Waals surface area contributed by atoms with Gasteiger partial charge in [0.05, 0.1) is 0 Å². The van der Waals surface area contributed by atoms with Gasteiger partial charge in [-0.05, 0) is 60.9 Å². The third-order valence-corrected chi connectivity index (χ3v) is 5.92. The van der Waals surface area contributed by atoms with Crippen molar-refractivity contribution < 1.29 is 0 Å². The summed E-state index contributed by atoms with van der Waals surface area (Å²) in [6.07, 6.45) is 4.89. The Labute approximate surface area is 137 Å². The van der Waals surface area contributed by atoms with Crippen LogP contribution in [0.3, 0.4) is 0 Å². The number of rotatable bonds is 6. The van der Waals surface area contributed by atoms with Crippen LogP contribution in [0.25, 0.3) is 10.6 Å². The second-order valence-electron chi connectivity index (χ2n) is 5.27. The Morgan fingerprint density at radius 2 is 2.20 bits per heavy atom. The van der Waals surface area contributed by atoms with Crippen LogP contribution in [0.15, 0.2) is 18.2 Å². The van der Waals surface area contributed by atoms with Gasteiger partial charge in [0, 0.05) is 21.6 Å². The molecule has 1 aliphatic carbocycles. The number of benzene rings is 1. The number of aromatic nitrogens is 2. The first-order valence-electron chi connectivity index (χ1n) is 7.05. The largest absolute Gasteiger partial charge is 0.314 e. The summed E-state index contributed by atoms with van der Waals surface area (Å²) in [5, 5.41) is 14.4. The van der Waals surface area contributed by atoms with Crippen molar-refractivity contribution in [1.82, 2.24) is 15.5 Å². The van der Waals surface area contributed by atoms with Gasteiger partial charge in [-0.2, -0.15) is 0 Å². The molecule has 1 aliphatic rings. The summed E-state index contributed by atoms with van der Waals surface area (Å²) in [5.74, 6) is 0. The van der Waals surface area contributed by atoms with Gasteiger partial charge in [-0.15, -0.1) is 10.2 Å². The fourth-order valence-electron chi connectivity index (χ4n) is 2.11. The summed E-state index contributed by atoms with van der Waals surface area (Å²) in [6.45, 7) is 3.23. The molecule has 1 aromatic carbocycles. The SMILES string of the molecule is Cc1cccc(-c2nnc(CCCNC3CC3)s2)c1I. The molecule has 5 heteroatoms. The van der Waals surface area contributed by atoms with Gasteiger partial charge in [0.15, 0.2) is 0 Å². The first kappa shape index (κ1) is 14.4. The van der Waals surface area contributed by atoms with Crippen LogP contribution >= 0.6 is 33.9 Å². The lowest BCUT2D eigenvalue weighted by Gasteiger charge is -2.02. The van der Waals surface area contributed by atoms with Crippen LogP contribution in [-0.4, -0.2) is 22.8 Å². The Morgan fingerprint density at radius 1 is 1.35 bits per heavy atom. The number of hydrogen-bond acceptors (Lipinski definition) is 4. The lowest BCUT2D eigenvalue weighted by Crippen LogP contribution is -2.17. The second-order valence-corrected chi connectivity index (χ2v) is 7.41. The highest BCUT2D eigenvalue weighted by molar-refractivity contribution is 14.1. The summed E-state index contributed by atoms with van der Waals surface area (Å²) in [5.41, 5.74) is 2.51. The zero-order valence-corrected chi connectivity index (χ0v) is 14.5. The molecule has 3 nitrogen and oxygen atoms in total. The van der Waals surface area contributed by atoms with E-state index in [0.29, 0.717) is 0 Å². The maximum Gasteiger partial charge on any atom is 0.148 e. The molecule has 1 saturated carbocycles. The molecule has 0 radical (unpaired) electrons. The predicted octanol–water partition coefficient (Wildman–Crippen LogP) is 3.80. The van der Waals surface area contributed by atoms with Gasteiger partial charge < -0.3 is 5.32 Å². The molecular formula is C15H18IN3S. The van der Waals surface area contributed by atoms with Crippen molar-refractivity contribution in [3.8, 4) is 10.6 Å². The number of halogens is 1. The van der Waals surface area contributed by atoms with Gasteiger partial charge in [0.25, 0.3) is 0 Å². The van der Waals surface area contributed by atoms with Crippen molar-refractivity contribution in [2.24, 2.45) is 0 Å². The van der Waals surface area contributed by atoms with E-state index in [4.69, 9.17) is 0 Å². The highest BCUT2D eigenvalue weighted by Crippen LogP contribution is 2.30. The average Bonchev–Trinajstić information content (AvgIpc) is 3.15. The molecule has 1 fully saturated rings. The van der Waals surface area contributed by atoms with Gasteiger partial charge in [0.1, 0.15) is 10.0 Å². The molecule has 1 aromatic heterocycles. The standard InChI is InChI=1S/C15H18IN3S/c1-10-4-2-5-12(14(10)16)15-19-18-13(20-15)6-3-9-17-11-7-8-11/h2,4-5,11,17H,3,6-9H2,1H3. The van der Waals surface area contributed by atoms with Crippen LogP contribution in [-0.2, 0) is 6.42 Å². The minimum Gasteiger partial charge on any atom is -0.314 e. The van der Waals surface area contributed by atoms with Gasteiger partial charge in [-0.1, -0.05) is 29.5 Å². The molecule has 0 aliphatic heterocycles. The lowest BCUT2D eigenvalue weighted by molar-refractivity contribution is 0.643. The zero-order chi connectivity index (χ0) is 13.9. The fraction of sp³-hybridized carbons (Fsp3) is 0.467. The van der Waals surface area contributed by atoms with Gasteiger partial charge >= 0.3 is 0 Å². The minimum atomic E-state index is 0.800. The first-order valence-corrected chi connectivity index (χ1v) is 8.95. The van der Waals surface area contributed by atoms with Crippen LogP contribution in [0.4, 0.5) is 0 Å². The van der Waals surface area contributed by atoms with E-state index in [2.05, 4.69) is 63.2 Å². The number of aryl methyl sites for hydroxylation is 2. The second kappa shape index (κ2) is 6.49. The fourth-order valence-corrected chi connectivity index (χ4v) is 3.82. The Kier molecular flexibility index (Phi) is 4.68. The summed E-state index contributed by atoms with van der Waals surface area (Å²) in [6, 6.07) is 7.16. The summed E-state index contributed by atoms with van der Waals surface area (Å²) in [4.78, 5) is 0. The predicted molar refractivity (Wildman–Crippen MR) is 92.1 cm³/mol. The first-order chi connectivity index (χ1) is 9.74. The maximum absolute atomic E-state index is 4.36. The van der Waals surface area contributed by atoms with E-state index in [1.165, 1.54) is 27.5 Å². The Bertz CT molecular complexity index is 593. The summed E-state index contributed by atoms with van der Waals surface area (Å²) >= 11 is 4.12. The molecule has 2 aromatic rings. The monoisotopic (exact) mass is 399 g/mol. The van der Waals surface area contributed by atoms with E-state index in [1.807, 2.05) is 0 Å². The maximum atomic E-state index is 4.36. The van der Waals surface area contributed by atoms with Crippen LogP contribution < -0.4 is 5.32 Å². The van der Waals surface area contributed by atoms with Gasteiger partial charge in [-0.3, -0.25) is 0 Å². The van der Waals surface area contributed by atoms with Crippen LogP contribution in [0, 0.1) is 10.5 Å². The zero-order valence-electron chi connectivity index (χ0n) is 11.5. The highest BCUT2D eigenvalue weighted by atomic mass is 127. The van der Waals surface area contributed by atoms with E-state index in [9.17, 15) is 0 Å². The van der Waals surface area contributed by atoms with E-state index in [0.717, 1.165) is 35.4 Å². The molecule has 0 atom stereocenters. The molecule has 1 N–H and O–H groups in total. The molecule has 0 unspecified atom stereocenters. The van der Waals surface area contributed by atoms with Crippen LogP contribution in [0.1, 0.15) is 29.8 Å². The van der Waals surface area contributed by atoms with Crippen LogP contribution in [0.5, 0.6) is 0 Å². The Balaban J connectivity index is 1.62. The molecule has 3 rings (SSSR count). The van der Waals surface area contributed by atoms with Crippen molar-refractivity contribution in [2.45, 2.75) is 38.6 Å². The van der Waals surface area contributed by atoms with Crippen LogP contribution in [0.2, 0.25) is 0 Å². The molecule has 20 heavy (non-hydrogen) atoms. The number of nitrogens with one attached hydrogen (secondary N) is 1. The molecule has 1 heterocycles.